The van der Waals surface area contributed by atoms with Crippen LogP contribution in [0.4, 0.5) is 5.82 Å². The van der Waals surface area contributed by atoms with Crippen LogP contribution < -0.4 is 5.32 Å². The Bertz CT molecular complexity index is 437. The van der Waals surface area contributed by atoms with Crippen molar-refractivity contribution in [1.82, 2.24) is 9.97 Å². The van der Waals surface area contributed by atoms with Gasteiger partial charge in [0.25, 0.3) is 0 Å². The molecule has 1 N–H and O–H groups in total. The molecule has 1 aromatic heterocycles. The third-order valence-corrected chi connectivity index (χ3v) is 3.47. The summed E-state index contributed by atoms with van der Waals surface area (Å²) in [6, 6.07) is 0.238. The topological polar surface area (TPSA) is 47.0 Å². The van der Waals surface area contributed by atoms with E-state index >= 15 is 0 Å². The van der Waals surface area contributed by atoms with Crippen molar-refractivity contribution in [1.29, 1.82) is 0 Å². The Kier molecular flexibility index (Phi) is 6.21. The predicted octanol–water partition coefficient (Wildman–Crippen LogP) is 3.96. The molecule has 0 saturated heterocycles. The molecule has 0 spiro atoms. The van der Waals surface area contributed by atoms with Crippen molar-refractivity contribution < 1.29 is 4.74 Å². The molecule has 1 aromatic rings. The molecule has 4 nitrogen and oxygen atoms in total. The maximum Gasteiger partial charge on any atom is 0.137 e. The maximum atomic E-state index is 6.24. The van der Waals surface area contributed by atoms with E-state index in [9.17, 15) is 0 Å². The van der Waals surface area contributed by atoms with Gasteiger partial charge in [-0.25, -0.2) is 9.97 Å². The predicted molar refractivity (Wildman–Crippen MR) is 84.7 cm³/mol. The van der Waals surface area contributed by atoms with Crippen LogP contribution in [0.1, 0.15) is 51.9 Å². The van der Waals surface area contributed by atoms with Crippen LogP contribution >= 0.6 is 11.6 Å². The van der Waals surface area contributed by atoms with Gasteiger partial charge in [-0.1, -0.05) is 45.7 Å². The summed E-state index contributed by atoms with van der Waals surface area (Å²) in [6.45, 7) is 11.0. The summed E-state index contributed by atoms with van der Waals surface area (Å²) in [4.78, 5) is 9.03. The fraction of sp³-hybridized carbons (Fsp3) is 0.733. The fourth-order valence-corrected chi connectivity index (χ4v) is 2.07. The third kappa shape index (κ3) is 4.60. The molecule has 0 fully saturated rings. The minimum Gasteiger partial charge on any atom is -0.383 e. The first-order valence-electron chi connectivity index (χ1n) is 7.09. The van der Waals surface area contributed by atoms with E-state index in [1.165, 1.54) is 0 Å². The van der Waals surface area contributed by atoms with Crippen LogP contribution in [-0.2, 0) is 10.2 Å². The van der Waals surface area contributed by atoms with Gasteiger partial charge in [-0.3, -0.25) is 0 Å². The lowest BCUT2D eigenvalue weighted by molar-refractivity contribution is 0.182. The molecule has 0 aliphatic heterocycles. The standard InChI is InChI=1S/C15H26ClN3O/c1-7-8-11(9-20-6)17-13-10(2)12(16)18-14(19-13)15(3,4)5/h11H,7-9H2,1-6H3,(H,17,18,19). The summed E-state index contributed by atoms with van der Waals surface area (Å²) in [6.07, 6.45) is 2.12. The van der Waals surface area contributed by atoms with E-state index in [1.807, 2.05) is 6.92 Å². The van der Waals surface area contributed by atoms with Gasteiger partial charge < -0.3 is 10.1 Å². The van der Waals surface area contributed by atoms with Gasteiger partial charge in [0, 0.05) is 18.1 Å². The lowest BCUT2D eigenvalue weighted by atomic mass is 9.95. The van der Waals surface area contributed by atoms with Crippen molar-refractivity contribution in [2.75, 3.05) is 19.0 Å². The second kappa shape index (κ2) is 7.23. The van der Waals surface area contributed by atoms with Crippen molar-refractivity contribution in [2.45, 2.75) is 58.9 Å². The Labute approximate surface area is 127 Å². The molecule has 1 unspecified atom stereocenters. The molecular weight excluding hydrogens is 274 g/mol. The number of nitrogens with zero attached hydrogens (tertiary/aromatic N) is 2. The van der Waals surface area contributed by atoms with Gasteiger partial charge in [0.05, 0.1) is 12.6 Å². The van der Waals surface area contributed by atoms with Crippen LogP contribution in [0, 0.1) is 6.92 Å². The lowest BCUT2D eigenvalue weighted by Gasteiger charge is -2.23. The number of rotatable bonds is 6. The van der Waals surface area contributed by atoms with Crippen molar-refractivity contribution in [3.8, 4) is 0 Å². The van der Waals surface area contributed by atoms with E-state index < -0.39 is 0 Å². The zero-order valence-electron chi connectivity index (χ0n) is 13.4. The van der Waals surface area contributed by atoms with Gasteiger partial charge in [-0.15, -0.1) is 0 Å². The van der Waals surface area contributed by atoms with Crippen LogP contribution in [0.25, 0.3) is 0 Å². The second-order valence-corrected chi connectivity index (χ2v) is 6.50. The normalized spacial score (nSPS) is 13.3. The summed E-state index contributed by atoms with van der Waals surface area (Å²) < 4.78 is 5.26. The minimum atomic E-state index is -0.130. The van der Waals surface area contributed by atoms with Crippen molar-refractivity contribution in [2.24, 2.45) is 0 Å². The maximum absolute atomic E-state index is 6.24. The van der Waals surface area contributed by atoms with Crippen molar-refractivity contribution >= 4 is 17.4 Å². The van der Waals surface area contributed by atoms with Gasteiger partial charge >= 0.3 is 0 Å². The van der Waals surface area contributed by atoms with Gasteiger partial charge in [-0.05, 0) is 13.3 Å². The number of nitrogens with one attached hydrogen (secondary N) is 1. The molecule has 0 bridgehead atoms. The monoisotopic (exact) mass is 299 g/mol. The Morgan fingerprint density at radius 2 is 1.95 bits per heavy atom. The zero-order valence-corrected chi connectivity index (χ0v) is 14.1. The largest absolute Gasteiger partial charge is 0.383 e. The molecule has 0 aromatic carbocycles. The Hall–Kier alpha value is -0.870. The van der Waals surface area contributed by atoms with E-state index in [0.29, 0.717) is 11.8 Å². The first-order chi connectivity index (χ1) is 9.29. The number of ether oxygens (including phenoxy) is 1. The number of hydrogen-bond acceptors (Lipinski definition) is 4. The van der Waals surface area contributed by atoms with E-state index in [2.05, 4.69) is 43.0 Å². The number of halogens is 1. The first-order valence-corrected chi connectivity index (χ1v) is 7.47. The number of aromatic nitrogens is 2. The molecule has 1 atom stereocenters. The lowest BCUT2D eigenvalue weighted by Crippen LogP contribution is -2.27. The van der Waals surface area contributed by atoms with E-state index in [1.54, 1.807) is 7.11 Å². The van der Waals surface area contributed by atoms with Gasteiger partial charge in [-0.2, -0.15) is 0 Å². The molecule has 1 rings (SSSR count). The van der Waals surface area contributed by atoms with Crippen LogP contribution in [0.15, 0.2) is 0 Å². The summed E-state index contributed by atoms with van der Waals surface area (Å²) in [5, 5.41) is 3.96. The highest BCUT2D eigenvalue weighted by molar-refractivity contribution is 6.30. The zero-order chi connectivity index (χ0) is 15.3. The third-order valence-electron chi connectivity index (χ3n) is 3.10. The molecule has 114 valence electrons. The SMILES string of the molecule is CCCC(COC)Nc1nc(C(C)(C)C)nc(Cl)c1C. The molecule has 1 heterocycles. The Morgan fingerprint density at radius 1 is 1.30 bits per heavy atom. The molecule has 0 aliphatic carbocycles. The minimum absolute atomic E-state index is 0.130. The average molecular weight is 300 g/mol. The smallest absolute Gasteiger partial charge is 0.137 e. The van der Waals surface area contributed by atoms with Crippen LogP contribution in [0.2, 0.25) is 5.15 Å². The first kappa shape index (κ1) is 17.2. The average Bonchev–Trinajstić information content (AvgIpc) is 2.34. The van der Waals surface area contributed by atoms with E-state index in [4.69, 9.17) is 16.3 Å². The molecular formula is C15H26ClN3O. The highest BCUT2D eigenvalue weighted by Gasteiger charge is 2.21. The van der Waals surface area contributed by atoms with Crippen LogP contribution in [-0.4, -0.2) is 29.7 Å². The van der Waals surface area contributed by atoms with E-state index in [-0.39, 0.29) is 11.5 Å². The number of anilines is 1. The van der Waals surface area contributed by atoms with Crippen LogP contribution in [0.5, 0.6) is 0 Å². The molecule has 20 heavy (non-hydrogen) atoms. The molecule has 5 heteroatoms. The second-order valence-electron chi connectivity index (χ2n) is 6.15. The fourth-order valence-electron chi connectivity index (χ4n) is 1.91. The summed E-state index contributed by atoms with van der Waals surface area (Å²) in [5.74, 6) is 1.56. The van der Waals surface area contributed by atoms with Gasteiger partial charge in [0.2, 0.25) is 0 Å². The quantitative estimate of drug-likeness (QED) is 0.808. The number of methoxy groups -OCH3 is 1. The summed E-state index contributed by atoms with van der Waals surface area (Å²) in [7, 11) is 1.71. The van der Waals surface area contributed by atoms with Gasteiger partial charge in [0.15, 0.2) is 0 Å². The summed E-state index contributed by atoms with van der Waals surface area (Å²) in [5.41, 5.74) is 0.756. The van der Waals surface area contributed by atoms with Crippen molar-refractivity contribution in [3.05, 3.63) is 16.5 Å². The van der Waals surface area contributed by atoms with E-state index in [0.717, 1.165) is 30.0 Å². The highest BCUT2D eigenvalue weighted by atomic mass is 35.5. The number of hydrogen-bond donors (Lipinski definition) is 1. The molecule has 0 amide bonds. The molecule has 0 saturated carbocycles. The van der Waals surface area contributed by atoms with Gasteiger partial charge in [0.1, 0.15) is 16.8 Å². The summed E-state index contributed by atoms with van der Waals surface area (Å²) >= 11 is 6.24. The Morgan fingerprint density at radius 3 is 2.45 bits per heavy atom. The van der Waals surface area contributed by atoms with Crippen molar-refractivity contribution in [3.63, 3.8) is 0 Å². The van der Waals surface area contributed by atoms with Crippen LogP contribution in [0.3, 0.4) is 0 Å². The Balaban J connectivity index is 3.06. The molecule has 0 radical (unpaired) electrons. The highest BCUT2D eigenvalue weighted by Crippen LogP contribution is 2.26. The molecule has 0 aliphatic rings.